The van der Waals surface area contributed by atoms with Crippen molar-refractivity contribution >= 4 is 11.6 Å². The van der Waals surface area contributed by atoms with E-state index in [-0.39, 0.29) is 18.4 Å². The van der Waals surface area contributed by atoms with Gasteiger partial charge in [-0.1, -0.05) is 12.1 Å². The van der Waals surface area contributed by atoms with Crippen LogP contribution >= 0.6 is 0 Å². The summed E-state index contributed by atoms with van der Waals surface area (Å²) in [5.41, 5.74) is 3.08. The number of nitrogens with zero attached hydrogens (tertiary/aromatic N) is 1. The Morgan fingerprint density at radius 1 is 1.47 bits per heavy atom. The first-order valence-corrected chi connectivity index (χ1v) is 6.05. The minimum atomic E-state index is 0.0518. The van der Waals surface area contributed by atoms with Gasteiger partial charge in [-0.15, -0.1) is 0 Å². The van der Waals surface area contributed by atoms with Gasteiger partial charge in [0.05, 0.1) is 12.5 Å². The van der Waals surface area contributed by atoms with Crippen LogP contribution in [-0.4, -0.2) is 30.6 Å². The monoisotopic (exact) mass is 232 g/mol. The van der Waals surface area contributed by atoms with Crippen LogP contribution in [-0.2, 0) is 17.8 Å². The van der Waals surface area contributed by atoms with Gasteiger partial charge in [-0.05, 0) is 23.6 Å². The van der Waals surface area contributed by atoms with Crippen molar-refractivity contribution in [3.05, 3.63) is 29.3 Å². The molecule has 2 N–H and O–H groups in total. The van der Waals surface area contributed by atoms with Gasteiger partial charge >= 0.3 is 0 Å². The Balaban J connectivity index is 1.90. The predicted octanol–water partition coefficient (Wildman–Crippen LogP) is 0.287. The van der Waals surface area contributed by atoms with E-state index >= 15 is 0 Å². The molecule has 1 saturated heterocycles. The number of hydrogen-bond donors (Lipinski definition) is 2. The Bertz CT molecular complexity index is 455. The molecule has 0 spiro atoms. The molecule has 4 nitrogen and oxygen atoms in total. The number of fused-ring (bicyclic) bond motifs is 1. The number of benzene rings is 1. The molecule has 2 heterocycles. The lowest BCUT2D eigenvalue weighted by molar-refractivity contribution is -0.123. The van der Waals surface area contributed by atoms with Crippen LogP contribution < -0.4 is 10.2 Å². The third-order valence-corrected chi connectivity index (χ3v) is 3.69. The fourth-order valence-electron chi connectivity index (χ4n) is 2.57. The van der Waals surface area contributed by atoms with E-state index in [9.17, 15) is 9.90 Å². The van der Waals surface area contributed by atoms with Gasteiger partial charge in [0.2, 0.25) is 5.91 Å². The molecule has 17 heavy (non-hydrogen) atoms. The van der Waals surface area contributed by atoms with Crippen molar-refractivity contribution in [1.29, 1.82) is 0 Å². The number of hydrogen-bond acceptors (Lipinski definition) is 3. The van der Waals surface area contributed by atoms with E-state index in [0.29, 0.717) is 0 Å². The Kier molecular flexibility index (Phi) is 2.61. The van der Waals surface area contributed by atoms with Crippen LogP contribution in [0, 0.1) is 5.92 Å². The molecular formula is C13H16N2O2. The SMILES string of the molecule is O=C(C1CNC1)N1CCc2c(CO)cccc21. The third-order valence-electron chi connectivity index (χ3n) is 3.69. The molecule has 0 bridgehead atoms. The van der Waals surface area contributed by atoms with Crippen LogP contribution in [0.2, 0.25) is 0 Å². The second-order valence-corrected chi connectivity index (χ2v) is 4.67. The first kappa shape index (κ1) is 10.7. The Morgan fingerprint density at radius 2 is 2.29 bits per heavy atom. The van der Waals surface area contributed by atoms with Crippen LogP contribution in [0.1, 0.15) is 11.1 Å². The molecule has 2 aliphatic heterocycles. The van der Waals surface area contributed by atoms with Gasteiger partial charge in [0.25, 0.3) is 0 Å². The molecule has 4 heteroatoms. The summed E-state index contributed by atoms with van der Waals surface area (Å²) in [6.45, 7) is 2.40. The van der Waals surface area contributed by atoms with Crippen molar-refractivity contribution in [2.75, 3.05) is 24.5 Å². The fraction of sp³-hybridized carbons (Fsp3) is 0.462. The largest absolute Gasteiger partial charge is 0.392 e. The number of carbonyl (C=O) groups is 1. The van der Waals surface area contributed by atoms with E-state index in [1.54, 1.807) is 0 Å². The summed E-state index contributed by atoms with van der Waals surface area (Å²) in [4.78, 5) is 14.1. The van der Waals surface area contributed by atoms with Gasteiger partial charge in [0.1, 0.15) is 0 Å². The lowest BCUT2D eigenvalue weighted by atomic mass is 10.0. The summed E-state index contributed by atoms with van der Waals surface area (Å²) >= 11 is 0. The van der Waals surface area contributed by atoms with E-state index < -0.39 is 0 Å². The molecule has 0 atom stereocenters. The molecule has 0 aliphatic carbocycles. The summed E-state index contributed by atoms with van der Waals surface area (Å²) in [5.74, 6) is 0.358. The number of aliphatic hydroxyl groups excluding tert-OH is 1. The number of amides is 1. The molecular weight excluding hydrogens is 216 g/mol. The molecule has 1 amide bonds. The van der Waals surface area contributed by atoms with Gasteiger partial charge in [-0.25, -0.2) is 0 Å². The van der Waals surface area contributed by atoms with E-state index in [0.717, 1.165) is 42.9 Å². The molecule has 1 fully saturated rings. The van der Waals surface area contributed by atoms with Gasteiger partial charge in [0, 0.05) is 25.3 Å². The Hall–Kier alpha value is -1.39. The zero-order valence-electron chi connectivity index (χ0n) is 9.65. The molecule has 2 aliphatic rings. The fourth-order valence-corrected chi connectivity index (χ4v) is 2.57. The normalized spacial score (nSPS) is 19.0. The highest BCUT2D eigenvalue weighted by atomic mass is 16.3. The summed E-state index contributed by atoms with van der Waals surface area (Å²) in [5, 5.41) is 12.4. The smallest absolute Gasteiger partial charge is 0.232 e. The van der Waals surface area contributed by atoms with Crippen LogP contribution in [0.25, 0.3) is 0 Å². The van der Waals surface area contributed by atoms with E-state index in [1.165, 1.54) is 0 Å². The summed E-state index contributed by atoms with van der Waals surface area (Å²) in [6.07, 6.45) is 0.859. The van der Waals surface area contributed by atoms with Crippen molar-refractivity contribution < 1.29 is 9.90 Å². The minimum Gasteiger partial charge on any atom is -0.392 e. The summed E-state index contributed by atoms with van der Waals surface area (Å²) in [7, 11) is 0. The Labute approximate surface area is 100 Å². The Morgan fingerprint density at radius 3 is 2.94 bits per heavy atom. The van der Waals surface area contributed by atoms with Crippen LogP contribution in [0.4, 0.5) is 5.69 Å². The number of rotatable bonds is 2. The zero-order chi connectivity index (χ0) is 11.8. The van der Waals surface area contributed by atoms with Crippen molar-refractivity contribution in [2.45, 2.75) is 13.0 Å². The first-order chi connectivity index (χ1) is 8.31. The summed E-state index contributed by atoms with van der Waals surface area (Å²) < 4.78 is 0. The maximum atomic E-state index is 12.2. The van der Waals surface area contributed by atoms with Gasteiger partial charge < -0.3 is 15.3 Å². The van der Waals surface area contributed by atoms with Crippen LogP contribution in [0.3, 0.4) is 0 Å². The first-order valence-electron chi connectivity index (χ1n) is 6.05. The highest BCUT2D eigenvalue weighted by Crippen LogP contribution is 2.32. The molecule has 0 saturated carbocycles. The van der Waals surface area contributed by atoms with Gasteiger partial charge in [-0.2, -0.15) is 0 Å². The second-order valence-electron chi connectivity index (χ2n) is 4.67. The number of anilines is 1. The van der Waals surface area contributed by atoms with Crippen molar-refractivity contribution in [3.63, 3.8) is 0 Å². The number of nitrogens with one attached hydrogen (secondary N) is 1. The average molecular weight is 232 g/mol. The molecule has 0 radical (unpaired) electrons. The van der Waals surface area contributed by atoms with E-state index in [2.05, 4.69) is 5.32 Å². The van der Waals surface area contributed by atoms with Crippen LogP contribution in [0.5, 0.6) is 0 Å². The molecule has 1 aromatic carbocycles. The van der Waals surface area contributed by atoms with E-state index in [1.807, 2.05) is 23.1 Å². The third kappa shape index (κ3) is 1.64. The average Bonchev–Trinajstić information content (AvgIpc) is 2.69. The lowest BCUT2D eigenvalue weighted by Crippen LogP contribution is -2.51. The molecule has 90 valence electrons. The highest BCUT2D eigenvalue weighted by Gasteiger charge is 2.33. The molecule has 1 aromatic rings. The molecule has 3 rings (SSSR count). The van der Waals surface area contributed by atoms with Crippen molar-refractivity contribution in [3.8, 4) is 0 Å². The van der Waals surface area contributed by atoms with Crippen LogP contribution in [0.15, 0.2) is 18.2 Å². The molecule has 0 aromatic heterocycles. The second kappa shape index (κ2) is 4.13. The van der Waals surface area contributed by atoms with Gasteiger partial charge in [0.15, 0.2) is 0 Å². The van der Waals surface area contributed by atoms with Crippen molar-refractivity contribution in [2.24, 2.45) is 5.92 Å². The maximum Gasteiger partial charge on any atom is 0.232 e. The highest BCUT2D eigenvalue weighted by molar-refractivity contribution is 5.98. The standard InChI is InChI=1S/C13H16N2O2/c16-8-9-2-1-3-12-11(9)4-5-15(12)13(17)10-6-14-7-10/h1-3,10,14,16H,4-8H2. The zero-order valence-corrected chi connectivity index (χ0v) is 9.65. The predicted molar refractivity (Wildman–Crippen MR) is 64.8 cm³/mol. The minimum absolute atomic E-state index is 0.0518. The topological polar surface area (TPSA) is 52.6 Å². The summed E-state index contributed by atoms with van der Waals surface area (Å²) in [6, 6.07) is 5.82. The number of aliphatic hydroxyl groups is 1. The lowest BCUT2D eigenvalue weighted by Gasteiger charge is -2.30. The number of carbonyl (C=O) groups excluding carboxylic acids is 1. The quantitative estimate of drug-likeness (QED) is 0.770. The maximum absolute atomic E-state index is 12.2. The molecule has 0 unspecified atom stereocenters. The van der Waals surface area contributed by atoms with Crippen molar-refractivity contribution in [1.82, 2.24) is 5.32 Å². The van der Waals surface area contributed by atoms with Gasteiger partial charge in [-0.3, -0.25) is 4.79 Å². The van der Waals surface area contributed by atoms with E-state index in [4.69, 9.17) is 0 Å².